The van der Waals surface area contributed by atoms with Gasteiger partial charge >= 0.3 is 0 Å². The predicted octanol–water partition coefficient (Wildman–Crippen LogP) is 3.79. The minimum absolute atomic E-state index is 0.0590. The van der Waals surface area contributed by atoms with Gasteiger partial charge in [0.05, 0.1) is 0 Å². The van der Waals surface area contributed by atoms with Crippen molar-refractivity contribution in [3.8, 4) is 5.75 Å². The Morgan fingerprint density at radius 3 is 2.76 bits per heavy atom. The molecule has 1 aromatic heterocycles. The number of rotatable bonds is 8. The van der Waals surface area contributed by atoms with Gasteiger partial charge in [0, 0.05) is 24.8 Å². The Labute approximate surface area is 148 Å². The van der Waals surface area contributed by atoms with Crippen molar-refractivity contribution in [2.45, 2.75) is 26.3 Å². The summed E-state index contributed by atoms with van der Waals surface area (Å²) in [6.45, 7) is 3.66. The zero-order valence-corrected chi connectivity index (χ0v) is 14.6. The van der Waals surface area contributed by atoms with E-state index in [0.717, 1.165) is 30.7 Å². The molecular formula is C21H24N2O2. The third-order valence-electron chi connectivity index (χ3n) is 4.29. The van der Waals surface area contributed by atoms with E-state index in [1.54, 1.807) is 0 Å². The van der Waals surface area contributed by atoms with Gasteiger partial charge in [-0.25, -0.2) is 0 Å². The Hall–Kier alpha value is -2.75. The summed E-state index contributed by atoms with van der Waals surface area (Å²) in [5.41, 5.74) is 2.35. The molecule has 0 saturated carbocycles. The van der Waals surface area contributed by atoms with Crippen molar-refractivity contribution < 1.29 is 9.53 Å². The van der Waals surface area contributed by atoms with Crippen LogP contribution in [0.2, 0.25) is 0 Å². The van der Waals surface area contributed by atoms with Crippen molar-refractivity contribution in [2.24, 2.45) is 0 Å². The summed E-state index contributed by atoms with van der Waals surface area (Å²) in [6, 6.07) is 18.3. The Morgan fingerprint density at radius 2 is 1.88 bits per heavy atom. The molecule has 1 N–H and O–H groups in total. The van der Waals surface area contributed by atoms with Crippen LogP contribution in [0.5, 0.6) is 5.75 Å². The zero-order valence-electron chi connectivity index (χ0n) is 14.6. The van der Waals surface area contributed by atoms with Gasteiger partial charge in [-0.2, -0.15) is 0 Å². The maximum absolute atomic E-state index is 11.9. The van der Waals surface area contributed by atoms with Crippen molar-refractivity contribution in [3.05, 3.63) is 66.4 Å². The van der Waals surface area contributed by atoms with Crippen LogP contribution in [0.1, 0.15) is 18.9 Å². The minimum atomic E-state index is -0.0803. The van der Waals surface area contributed by atoms with Crippen molar-refractivity contribution in [1.82, 2.24) is 9.88 Å². The summed E-state index contributed by atoms with van der Waals surface area (Å²) in [6.07, 6.45) is 3.87. The predicted molar refractivity (Wildman–Crippen MR) is 101 cm³/mol. The first-order valence-electron chi connectivity index (χ1n) is 8.79. The first-order valence-corrected chi connectivity index (χ1v) is 8.79. The third kappa shape index (κ3) is 4.41. The molecule has 0 aliphatic carbocycles. The fourth-order valence-electron chi connectivity index (χ4n) is 2.94. The Morgan fingerprint density at radius 1 is 1.08 bits per heavy atom. The van der Waals surface area contributed by atoms with Gasteiger partial charge in [-0.15, -0.1) is 0 Å². The van der Waals surface area contributed by atoms with Crippen LogP contribution < -0.4 is 10.1 Å². The second-order valence-electron chi connectivity index (χ2n) is 6.02. The number of aryl methyl sites for hydroxylation is 2. The van der Waals surface area contributed by atoms with E-state index in [0.29, 0.717) is 6.54 Å². The van der Waals surface area contributed by atoms with Gasteiger partial charge in [-0.05, 0) is 42.0 Å². The smallest absolute Gasteiger partial charge is 0.257 e. The molecule has 0 saturated heterocycles. The monoisotopic (exact) mass is 336 g/mol. The highest BCUT2D eigenvalue weighted by Gasteiger charge is 2.05. The standard InChI is InChI=1S/C21H24N2O2/c1-2-17-8-4-6-11-20(17)25-16-21(24)22-13-7-14-23-15-12-18-9-3-5-10-19(18)23/h3-6,8-12,15H,2,7,13-14,16H2,1H3,(H,22,24). The molecule has 3 aromatic rings. The molecular weight excluding hydrogens is 312 g/mol. The molecule has 3 rings (SSSR count). The van der Waals surface area contributed by atoms with Crippen LogP contribution in [-0.2, 0) is 17.8 Å². The normalized spacial score (nSPS) is 10.8. The molecule has 1 heterocycles. The van der Waals surface area contributed by atoms with Crippen LogP contribution in [0.3, 0.4) is 0 Å². The van der Waals surface area contributed by atoms with Crippen LogP contribution in [0.15, 0.2) is 60.8 Å². The molecule has 4 heteroatoms. The Balaban J connectivity index is 1.41. The lowest BCUT2D eigenvalue weighted by molar-refractivity contribution is -0.123. The van der Waals surface area contributed by atoms with E-state index in [4.69, 9.17) is 4.74 Å². The van der Waals surface area contributed by atoms with E-state index < -0.39 is 0 Å². The summed E-state index contributed by atoms with van der Waals surface area (Å²) >= 11 is 0. The molecule has 0 atom stereocenters. The second kappa shape index (κ2) is 8.38. The van der Waals surface area contributed by atoms with Crippen LogP contribution in [0, 0.1) is 0 Å². The number of nitrogens with zero attached hydrogens (tertiary/aromatic N) is 1. The van der Waals surface area contributed by atoms with Crippen molar-refractivity contribution >= 4 is 16.8 Å². The molecule has 2 aromatic carbocycles. The molecule has 0 fully saturated rings. The molecule has 4 nitrogen and oxygen atoms in total. The average molecular weight is 336 g/mol. The van der Waals surface area contributed by atoms with E-state index >= 15 is 0 Å². The minimum Gasteiger partial charge on any atom is -0.483 e. The van der Waals surface area contributed by atoms with Crippen molar-refractivity contribution in [1.29, 1.82) is 0 Å². The number of hydrogen-bond donors (Lipinski definition) is 1. The second-order valence-corrected chi connectivity index (χ2v) is 6.02. The molecule has 130 valence electrons. The first kappa shape index (κ1) is 17.1. The number of nitrogens with one attached hydrogen (secondary N) is 1. The molecule has 0 bridgehead atoms. The van der Waals surface area contributed by atoms with Gasteiger partial charge in [-0.3, -0.25) is 4.79 Å². The maximum atomic E-state index is 11.9. The van der Waals surface area contributed by atoms with Crippen LogP contribution >= 0.6 is 0 Å². The summed E-state index contributed by atoms with van der Waals surface area (Å²) in [7, 11) is 0. The van der Waals surface area contributed by atoms with Crippen LogP contribution in [0.4, 0.5) is 0 Å². The van der Waals surface area contributed by atoms with Gasteiger partial charge in [0.2, 0.25) is 0 Å². The highest BCUT2D eigenvalue weighted by atomic mass is 16.5. The Bertz CT molecular complexity index is 839. The largest absolute Gasteiger partial charge is 0.483 e. The number of hydrogen-bond acceptors (Lipinski definition) is 2. The van der Waals surface area contributed by atoms with Gasteiger partial charge < -0.3 is 14.6 Å². The van der Waals surface area contributed by atoms with Gasteiger partial charge in [-0.1, -0.05) is 43.3 Å². The van der Waals surface area contributed by atoms with E-state index in [-0.39, 0.29) is 12.5 Å². The first-order chi connectivity index (χ1) is 12.3. The molecule has 0 radical (unpaired) electrons. The summed E-state index contributed by atoms with van der Waals surface area (Å²) in [5.74, 6) is 0.710. The number of amides is 1. The van der Waals surface area contributed by atoms with Crippen LogP contribution in [-0.4, -0.2) is 23.6 Å². The topological polar surface area (TPSA) is 43.3 Å². The fourth-order valence-corrected chi connectivity index (χ4v) is 2.94. The van der Waals surface area contributed by atoms with Crippen LogP contribution in [0.25, 0.3) is 10.9 Å². The molecule has 0 spiro atoms. The van der Waals surface area contributed by atoms with Gasteiger partial charge in [0.1, 0.15) is 5.75 Å². The lowest BCUT2D eigenvalue weighted by atomic mass is 10.1. The third-order valence-corrected chi connectivity index (χ3v) is 4.29. The Kier molecular flexibility index (Phi) is 5.73. The van der Waals surface area contributed by atoms with Gasteiger partial charge in [0.15, 0.2) is 6.61 Å². The number of fused-ring (bicyclic) bond motifs is 1. The van der Waals surface area contributed by atoms with E-state index in [9.17, 15) is 4.79 Å². The highest BCUT2D eigenvalue weighted by molar-refractivity contribution is 5.80. The molecule has 1 amide bonds. The van der Waals surface area contributed by atoms with Crippen molar-refractivity contribution in [3.63, 3.8) is 0 Å². The lowest BCUT2D eigenvalue weighted by Gasteiger charge is -2.11. The number of carbonyl (C=O) groups is 1. The average Bonchev–Trinajstić information content (AvgIpc) is 3.07. The van der Waals surface area contributed by atoms with E-state index in [1.807, 2.05) is 36.4 Å². The lowest BCUT2D eigenvalue weighted by Crippen LogP contribution is -2.30. The summed E-state index contributed by atoms with van der Waals surface area (Å²) in [5, 5.41) is 4.17. The number of carbonyl (C=O) groups excluding carboxylic acids is 1. The highest BCUT2D eigenvalue weighted by Crippen LogP contribution is 2.18. The maximum Gasteiger partial charge on any atom is 0.257 e. The fraction of sp³-hybridized carbons (Fsp3) is 0.286. The summed E-state index contributed by atoms with van der Waals surface area (Å²) in [4.78, 5) is 11.9. The van der Waals surface area contributed by atoms with E-state index in [1.165, 1.54) is 10.9 Å². The molecule has 0 aliphatic heterocycles. The molecule has 0 unspecified atom stereocenters. The van der Waals surface area contributed by atoms with E-state index in [2.05, 4.69) is 41.2 Å². The zero-order chi connectivity index (χ0) is 17.5. The number of aromatic nitrogens is 1. The number of para-hydroxylation sites is 2. The molecule has 25 heavy (non-hydrogen) atoms. The summed E-state index contributed by atoms with van der Waals surface area (Å²) < 4.78 is 7.85. The molecule has 0 aliphatic rings. The quantitative estimate of drug-likeness (QED) is 0.636. The number of benzene rings is 2. The van der Waals surface area contributed by atoms with Crippen molar-refractivity contribution in [2.75, 3.05) is 13.2 Å². The number of ether oxygens (including phenoxy) is 1. The van der Waals surface area contributed by atoms with Gasteiger partial charge in [0.25, 0.3) is 5.91 Å². The SMILES string of the molecule is CCc1ccccc1OCC(=O)NCCCn1ccc2ccccc21.